The van der Waals surface area contributed by atoms with Crippen LogP contribution in [-0.2, 0) is 7.05 Å². The van der Waals surface area contributed by atoms with E-state index >= 15 is 0 Å². The number of nitrogens with zero attached hydrogens (tertiary/aromatic N) is 3. The van der Waals surface area contributed by atoms with Crippen LogP contribution in [0.25, 0.3) is 11.0 Å². The van der Waals surface area contributed by atoms with E-state index in [4.69, 9.17) is 0 Å². The number of fused-ring (bicyclic) bond motifs is 1. The molecule has 0 amide bonds. The van der Waals surface area contributed by atoms with Crippen LogP contribution in [0, 0.1) is 6.92 Å². The monoisotopic (exact) mass is 187 g/mol. The van der Waals surface area contributed by atoms with Crippen LogP contribution in [0.2, 0.25) is 0 Å². The van der Waals surface area contributed by atoms with E-state index in [1.807, 2.05) is 17.9 Å². The maximum atomic E-state index is 4.55. The number of aryl methyl sites for hydroxylation is 2. The van der Waals surface area contributed by atoms with E-state index in [9.17, 15) is 0 Å². The Morgan fingerprint density at radius 2 is 2.21 bits per heavy atom. The summed E-state index contributed by atoms with van der Waals surface area (Å²) in [5.41, 5.74) is 3.48. The molecule has 3 nitrogen and oxygen atoms in total. The first-order valence-electron chi connectivity index (χ1n) is 5.05. The van der Waals surface area contributed by atoms with Crippen molar-refractivity contribution in [3.8, 4) is 0 Å². The highest BCUT2D eigenvalue weighted by Gasteiger charge is 2.28. The Bertz CT molecular complexity index is 494. The topological polar surface area (TPSA) is 30.7 Å². The average molecular weight is 187 g/mol. The van der Waals surface area contributed by atoms with Gasteiger partial charge in [-0.05, 0) is 31.4 Å². The van der Waals surface area contributed by atoms with Gasteiger partial charge >= 0.3 is 0 Å². The van der Waals surface area contributed by atoms with Crippen molar-refractivity contribution in [1.29, 1.82) is 0 Å². The minimum atomic E-state index is 0.697. The van der Waals surface area contributed by atoms with Gasteiger partial charge in [0.2, 0.25) is 0 Å². The molecule has 1 saturated carbocycles. The molecule has 14 heavy (non-hydrogen) atoms. The average Bonchev–Trinajstić information content (AvgIpc) is 2.93. The van der Waals surface area contributed by atoms with Gasteiger partial charge in [0, 0.05) is 24.5 Å². The highest BCUT2D eigenvalue weighted by molar-refractivity contribution is 5.79. The zero-order valence-electron chi connectivity index (χ0n) is 8.49. The summed E-state index contributed by atoms with van der Waals surface area (Å²) < 4.78 is 1.89. The lowest BCUT2D eigenvalue weighted by molar-refractivity contribution is 0.759. The first kappa shape index (κ1) is 7.97. The first-order chi connectivity index (χ1) is 6.75. The molecule has 3 rings (SSSR count). The van der Waals surface area contributed by atoms with Crippen molar-refractivity contribution in [3.63, 3.8) is 0 Å². The van der Waals surface area contributed by atoms with Crippen molar-refractivity contribution in [2.75, 3.05) is 0 Å². The summed E-state index contributed by atoms with van der Waals surface area (Å²) in [7, 11) is 1.97. The van der Waals surface area contributed by atoms with Crippen molar-refractivity contribution in [2.45, 2.75) is 25.7 Å². The SMILES string of the molecule is Cc1cnc2c(c1)c(C1CC1)nn2C. The van der Waals surface area contributed by atoms with Crippen LogP contribution < -0.4 is 0 Å². The summed E-state index contributed by atoms with van der Waals surface area (Å²) in [5.74, 6) is 0.697. The molecule has 72 valence electrons. The van der Waals surface area contributed by atoms with Gasteiger partial charge in [0.25, 0.3) is 0 Å². The van der Waals surface area contributed by atoms with Crippen molar-refractivity contribution < 1.29 is 0 Å². The molecule has 0 saturated heterocycles. The van der Waals surface area contributed by atoms with Crippen LogP contribution in [0.4, 0.5) is 0 Å². The van der Waals surface area contributed by atoms with Crippen LogP contribution >= 0.6 is 0 Å². The van der Waals surface area contributed by atoms with Gasteiger partial charge in [-0.3, -0.25) is 4.68 Å². The van der Waals surface area contributed by atoms with Crippen molar-refractivity contribution in [1.82, 2.24) is 14.8 Å². The summed E-state index contributed by atoms with van der Waals surface area (Å²) in [5, 5.41) is 5.79. The van der Waals surface area contributed by atoms with E-state index in [1.54, 1.807) is 0 Å². The predicted molar refractivity (Wildman–Crippen MR) is 55.2 cm³/mol. The van der Waals surface area contributed by atoms with E-state index in [0.717, 1.165) is 5.65 Å². The largest absolute Gasteiger partial charge is 0.250 e. The molecular weight excluding hydrogens is 174 g/mol. The van der Waals surface area contributed by atoms with E-state index in [-0.39, 0.29) is 0 Å². The highest BCUT2D eigenvalue weighted by Crippen LogP contribution is 2.42. The summed E-state index contributed by atoms with van der Waals surface area (Å²) in [6.45, 7) is 2.08. The van der Waals surface area contributed by atoms with Crippen LogP contribution in [0.1, 0.15) is 30.0 Å². The Labute approximate surface area is 82.8 Å². The molecule has 2 heterocycles. The lowest BCUT2D eigenvalue weighted by atomic mass is 10.1. The Morgan fingerprint density at radius 3 is 2.93 bits per heavy atom. The van der Waals surface area contributed by atoms with Gasteiger partial charge < -0.3 is 0 Å². The lowest BCUT2D eigenvalue weighted by Gasteiger charge is -1.94. The Balaban J connectivity index is 2.33. The highest BCUT2D eigenvalue weighted by atomic mass is 15.3. The summed E-state index contributed by atoms with van der Waals surface area (Å²) in [6, 6.07) is 2.20. The molecule has 0 aromatic carbocycles. The van der Waals surface area contributed by atoms with Gasteiger partial charge in [-0.2, -0.15) is 5.10 Å². The predicted octanol–water partition coefficient (Wildman–Crippen LogP) is 2.15. The molecule has 0 N–H and O–H groups in total. The van der Waals surface area contributed by atoms with Crippen molar-refractivity contribution >= 4 is 11.0 Å². The second-order valence-electron chi connectivity index (χ2n) is 4.17. The standard InChI is InChI=1S/C11H13N3/c1-7-5-9-10(8-3-4-8)13-14(2)11(9)12-6-7/h5-6,8H,3-4H2,1-2H3. The van der Waals surface area contributed by atoms with Crippen molar-refractivity contribution in [3.05, 3.63) is 23.5 Å². The van der Waals surface area contributed by atoms with Crippen LogP contribution in [0.5, 0.6) is 0 Å². The molecule has 0 unspecified atom stereocenters. The molecule has 0 spiro atoms. The number of aromatic nitrogens is 3. The summed E-state index contributed by atoms with van der Waals surface area (Å²) in [4.78, 5) is 4.41. The van der Waals surface area contributed by atoms with E-state index < -0.39 is 0 Å². The Kier molecular flexibility index (Phi) is 1.46. The van der Waals surface area contributed by atoms with E-state index in [2.05, 4.69) is 23.1 Å². The van der Waals surface area contributed by atoms with Gasteiger partial charge in [0.15, 0.2) is 5.65 Å². The maximum Gasteiger partial charge on any atom is 0.157 e. The molecule has 0 aliphatic heterocycles. The third-order valence-electron chi connectivity index (χ3n) is 2.81. The van der Waals surface area contributed by atoms with Gasteiger partial charge in [-0.15, -0.1) is 0 Å². The second kappa shape index (κ2) is 2.56. The quantitative estimate of drug-likeness (QED) is 0.685. The lowest BCUT2D eigenvalue weighted by Crippen LogP contribution is -1.92. The van der Waals surface area contributed by atoms with Gasteiger partial charge in [-0.25, -0.2) is 4.98 Å². The number of pyridine rings is 1. The minimum Gasteiger partial charge on any atom is -0.250 e. The molecular formula is C11H13N3. The molecule has 3 heteroatoms. The Morgan fingerprint density at radius 1 is 1.43 bits per heavy atom. The van der Waals surface area contributed by atoms with Crippen LogP contribution in [0.3, 0.4) is 0 Å². The minimum absolute atomic E-state index is 0.697. The van der Waals surface area contributed by atoms with Crippen LogP contribution in [0.15, 0.2) is 12.3 Å². The van der Waals surface area contributed by atoms with Gasteiger partial charge in [0.05, 0.1) is 5.69 Å². The third kappa shape index (κ3) is 1.05. The fourth-order valence-corrected chi connectivity index (χ4v) is 1.93. The summed E-state index contributed by atoms with van der Waals surface area (Å²) >= 11 is 0. The molecule has 0 bridgehead atoms. The molecule has 1 fully saturated rings. The molecule has 2 aromatic heterocycles. The number of rotatable bonds is 1. The Hall–Kier alpha value is -1.38. The van der Waals surface area contributed by atoms with Gasteiger partial charge in [0.1, 0.15) is 0 Å². The molecule has 2 aromatic rings. The zero-order valence-corrected chi connectivity index (χ0v) is 8.49. The third-order valence-corrected chi connectivity index (χ3v) is 2.81. The first-order valence-corrected chi connectivity index (χ1v) is 5.05. The molecule has 0 radical (unpaired) electrons. The smallest absolute Gasteiger partial charge is 0.157 e. The van der Waals surface area contributed by atoms with E-state index in [1.165, 1.54) is 29.5 Å². The normalized spacial score (nSPS) is 16.4. The number of hydrogen-bond donors (Lipinski definition) is 0. The van der Waals surface area contributed by atoms with E-state index in [0.29, 0.717) is 5.92 Å². The number of hydrogen-bond acceptors (Lipinski definition) is 2. The fraction of sp³-hybridized carbons (Fsp3) is 0.455. The zero-order chi connectivity index (χ0) is 9.71. The van der Waals surface area contributed by atoms with Gasteiger partial charge in [-0.1, -0.05) is 0 Å². The molecule has 1 aliphatic carbocycles. The second-order valence-corrected chi connectivity index (χ2v) is 4.17. The molecule has 0 atom stereocenters. The van der Waals surface area contributed by atoms with Crippen LogP contribution in [-0.4, -0.2) is 14.8 Å². The summed E-state index contributed by atoms with van der Waals surface area (Å²) in [6.07, 6.45) is 4.49. The fourth-order valence-electron chi connectivity index (χ4n) is 1.93. The maximum absolute atomic E-state index is 4.55. The molecule has 1 aliphatic rings. The van der Waals surface area contributed by atoms with Crippen molar-refractivity contribution in [2.24, 2.45) is 7.05 Å².